The van der Waals surface area contributed by atoms with Gasteiger partial charge in [0.2, 0.25) is 0 Å². The fraction of sp³-hybridized carbons (Fsp3) is 0.500. The van der Waals surface area contributed by atoms with Gasteiger partial charge < -0.3 is 14.2 Å². The van der Waals surface area contributed by atoms with Crippen LogP contribution in [-0.4, -0.2) is 32.8 Å². The smallest absolute Gasteiger partial charge is 0.123 e. The molecule has 0 bridgehead atoms. The highest BCUT2D eigenvalue weighted by Crippen LogP contribution is 2.19. The maximum Gasteiger partial charge on any atom is 0.123 e. The predicted molar refractivity (Wildman–Crippen MR) is 64.6 cm³/mol. The van der Waals surface area contributed by atoms with Crippen LogP contribution in [0.15, 0.2) is 24.3 Å². The van der Waals surface area contributed by atoms with Crippen molar-refractivity contribution >= 4 is 11.6 Å². The molecule has 0 saturated carbocycles. The molecule has 0 radical (unpaired) electrons. The summed E-state index contributed by atoms with van der Waals surface area (Å²) in [6, 6.07) is 7.55. The van der Waals surface area contributed by atoms with E-state index in [4.69, 9.17) is 25.8 Å². The summed E-state index contributed by atoms with van der Waals surface area (Å²) >= 11 is 5.54. The zero-order chi connectivity index (χ0) is 11.6. The Morgan fingerprint density at radius 2 is 1.75 bits per heavy atom. The lowest BCUT2D eigenvalue weighted by molar-refractivity contribution is 0.172. The van der Waals surface area contributed by atoms with E-state index in [1.54, 1.807) is 7.11 Å². The third-order valence-electron chi connectivity index (χ3n) is 1.91. The molecule has 0 aliphatic carbocycles. The van der Waals surface area contributed by atoms with Gasteiger partial charge in [-0.15, -0.1) is 11.6 Å². The molecule has 1 aromatic rings. The van der Waals surface area contributed by atoms with Crippen LogP contribution in [0.4, 0.5) is 0 Å². The van der Waals surface area contributed by atoms with Crippen molar-refractivity contribution in [2.45, 2.75) is 6.42 Å². The van der Waals surface area contributed by atoms with Gasteiger partial charge in [0.15, 0.2) is 0 Å². The van der Waals surface area contributed by atoms with Crippen LogP contribution in [0, 0.1) is 0 Å². The summed E-state index contributed by atoms with van der Waals surface area (Å²) in [5.41, 5.74) is 0. The number of ether oxygens (including phenoxy) is 3. The van der Waals surface area contributed by atoms with Crippen LogP contribution >= 0.6 is 11.6 Å². The Morgan fingerprint density at radius 1 is 1.06 bits per heavy atom. The summed E-state index contributed by atoms with van der Waals surface area (Å²) in [4.78, 5) is 0. The molecule has 0 amide bonds. The van der Waals surface area contributed by atoms with Crippen LogP contribution in [0.5, 0.6) is 11.5 Å². The number of halogens is 1. The quantitative estimate of drug-likeness (QED) is 0.520. The van der Waals surface area contributed by atoms with Crippen molar-refractivity contribution in [2.75, 3.05) is 32.8 Å². The van der Waals surface area contributed by atoms with Crippen molar-refractivity contribution in [3.63, 3.8) is 0 Å². The molecule has 0 N–H and O–H groups in total. The average molecular weight is 245 g/mol. The summed E-state index contributed by atoms with van der Waals surface area (Å²) in [7, 11) is 1.68. The first-order valence-corrected chi connectivity index (χ1v) is 5.81. The normalized spacial score (nSPS) is 10.1. The molecule has 3 nitrogen and oxygen atoms in total. The molecular weight excluding hydrogens is 228 g/mol. The SMILES string of the molecule is COCCCOc1cccc(OCCCl)c1. The summed E-state index contributed by atoms with van der Waals surface area (Å²) < 4.78 is 15.9. The molecule has 0 fully saturated rings. The molecule has 1 aromatic carbocycles. The first kappa shape index (κ1) is 13.1. The van der Waals surface area contributed by atoms with Crippen molar-refractivity contribution < 1.29 is 14.2 Å². The largest absolute Gasteiger partial charge is 0.493 e. The Labute approximate surface area is 101 Å². The van der Waals surface area contributed by atoms with Crippen molar-refractivity contribution in [1.29, 1.82) is 0 Å². The van der Waals surface area contributed by atoms with Crippen molar-refractivity contribution in [3.8, 4) is 11.5 Å². The standard InChI is InChI=1S/C12H17ClO3/c1-14-7-3-8-15-11-4-2-5-12(10-11)16-9-6-13/h2,4-5,10H,3,6-9H2,1H3. The fourth-order valence-corrected chi connectivity index (χ4v) is 1.28. The Hall–Kier alpha value is -0.930. The van der Waals surface area contributed by atoms with Crippen LogP contribution in [0.25, 0.3) is 0 Å². The molecule has 0 unspecified atom stereocenters. The summed E-state index contributed by atoms with van der Waals surface area (Å²) in [5.74, 6) is 2.08. The summed E-state index contributed by atoms with van der Waals surface area (Å²) in [6.07, 6.45) is 0.878. The number of methoxy groups -OCH3 is 1. The second kappa shape index (κ2) is 8.25. The first-order chi connectivity index (χ1) is 7.86. The number of hydrogen-bond acceptors (Lipinski definition) is 3. The fourth-order valence-electron chi connectivity index (χ4n) is 1.20. The second-order valence-corrected chi connectivity index (χ2v) is 3.59. The molecule has 0 atom stereocenters. The van der Waals surface area contributed by atoms with E-state index in [9.17, 15) is 0 Å². The number of alkyl halides is 1. The molecule has 4 heteroatoms. The minimum atomic E-state index is 0.485. The molecule has 90 valence electrons. The second-order valence-electron chi connectivity index (χ2n) is 3.21. The van der Waals surface area contributed by atoms with Gasteiger partial charge in [-0.1, -0.05) is 6.07 Å². The van der Waals surface area contributed by atoms with Crippen molar-refractivity contribution in [1.82, 2.24) is 0 Å². The average Bonchev–Trinajstić information content (AvgIpc) is 2.33. The third kappa shape index (κ3) is 5.24. The molecule has 1 rings (SSSR count). The molecule has 0 aliphatic rings. The van der Waals surface area contributed by atoms with Crippen LogP contribution in [0.2, 0.25) is 0 Å². The predicted octanol–water partition coefficient (Wildman–Crippen LogP) is 2.72. The molecule has 0 aliphatic heterocycles. The van der Waals surface area contributed by atoms with Crippen LogP contribution in [-0.2, 0) is 4.74 Å². The van der Waals surface area contributed by atoms with E-state index in [0.29, 0.717) is 25.7 Å². The maximum atomic E-state index is 5.54. The van der Waals surface area contributed by atoms with Gasteiger partial charge in [-0.05, 0) is 12.1 Å². The first-order valence-electron chi connectivity index (χ1n) is 5.27. The van der Waals surface area contributed by atoms with Crippen LogP contribution in [0.3, 0.4) is 0 Å². The lowest BCUT2D eigenvalue weighted by Crippen LogP contribution is -2.02. The monoisotopic (exact) mass is 244 g/mol. The Morgan fingerprint density at radius 3 is 2.38 bits per heavy atom. The van der Waals surface area contributed by atoms with E-state index in [0.717, 1.165) is 17.9 Å². The van der Waals surface area contributed by atoms with E-state index in [1.165, 1.54) is 0 Å². The number of hydrogen-bond donors (Lipinski definition) is 0. The van der Waals surface area contributed by atoms with Gasteiger partial charge in [0, 0.05) is 26.2 Å². The van der Waals surface area contributed by atoms with Gasteiger partial charge in [0.25, 0.3) is 0 Å². The Kier molecular flexibility index (Phi) is 6.77. The lowest BCUT2D eigenvalue weighted by Gasteiger charge is -2.08. The number of benzene rings is 1. The zero-order valence-corrected chi connectivity index (χ0v) is 10.2. The summed E-state index contributed by atoms with van der Waals surface area (Å²) in [6.45, 7) is 1.87. The molecule has 0 spiro atoms. The van der Waals surface area contributed by atoms with Crippen molar-refractivity contribution in [3.05, 3.63) is 24.3 Å². The van der Waals surface area contributed by atoms with Crippen LogP contribution in [0.1, 0.15) is 6.42 Å². The van der Waals surface area contributed by atoms with Gasteiger partial charge in [0.1, 0.15) is 18.1 Å². The number of rotatable bonds is 8. The van der Waals surface area contributed by atoms with E-state index in [2.05, 4.69) is 0 Å². The van der Waals surface area contributed by atoms with E-state index in [-0.39, 0.29) is 0 Å². The minimum absolute atomic E-state index is 0.485. The van der Waals surface area contributed by atoms with Gasteiger partial charge in [0.05, 0.1) is 12.5 Å². The molecule has 0 heterocycles. The summed E-state index contributed by atoms with van der Waals surface area (Å²) in [5, 5.41) is 0. The molecule has 16 heavy (non-hydrogen) atoms. The highest BCUT2D eigenvalue weighted by molar-refractivity contribution is 6.17. The van der Waals surface area contributed by atoms with Gasteiger partial charge in [-0.2, -0.15) is 0 Å². The highest BCUT2D eigenvalue weighted by Gasteiger charge is 1.97. The zero-order valence-electron chi connectivity index (χ0n) is 9.45. The molecule has 0 aromatic heterocycles. The van der Waals surface area contributed by atoms with E-state index in [1.807, 2.05) is 24.3 Å². The van der Waals surface area contributed by atoms with Crippen molar-refractivity contribution in [2.24, 2.45) is 0 Å². The van der Waals surface area contributed by atoms with Gasteiger partial charge >= 0.3 is 0 Å². The molecular formula is C12H17ClO3. The van der Waals surface area contributed by atoms with E-state index < -0.39 is 0 Å². The highest BCUT2D eigenvalue weighted by atomic mass is 35.5. The van der Waals surface area contributed by atoms with Crippen LogP contribution < -0.4 is 9.47 Å². The minimum Gasteiger partial charge on any atom is -0.493 e. The third-order valence-corrected chi connectivity index (χ3v) is 2.07. The lowest BCUT2D eigenvalue weighted by atomic mass is 10.3. The van der Waals surface area contributed by atoms with Gasteiger partial charge in [-0.3, -0.25) is 0 Å². The topological polar surface area (TPSA) is 27.7 Å². The van der Waals surface area contributed by atoms with Gasteiger partial charge in [-0.25, -0.2) is 0 Å². The Bertz CT molecular complexity index is 291. The molecule has 0 saturated heterocycles. The maximum absolute atomic E-state index is 5.54. The Balaban J connectivity index is 2.35. The van der Waals surface area contributed by atoms with E-state index >= 15 is 0 Å².